The molecular weight excluding hydrogens is 298 g/mol. The lowest BCUT2D eigenvalue weighted by Gasteiger charge is -2.57. The molecule has 1 saturated heterocycles. The average Bonchev–Trinajstić information content (AvgIpc) is 2.79. The van der Waals surface area contributed by atoms with Gasteiger partial charge in [0, 0.05) is 4.75 Å². The van der Waals surface area contributed by atoms with Gasteiger partial charge in [-0.3, -0.25) is 0 Å². The van der Waals surface area contributed by atoms with Crippen molar-refractivity contribution in [2.75, 3.05) is 12.0 Å². The number of hydrogen-bond donors (Lipinski definition) is 0. The van der Waals surface area contributed by atoms with Crippen molar-refractivity contribution in [3.63, 3.8) is 0 Å². The molecule has 2 aliphatic heterocycles. The minimum atomic E-state index is -0.752. The summed E-state index contributed by atoms with van der Waals surface area (Å²) in [5.41, 5.74) is 1.98. The molecule has 0 aromatic heterocycles. The van der Waals surface area contributed by atoms with Crippen LogP contribution in [0.1, 0.15) is 27.7 Å². The Hall–Kier alpha value is -1.62. The highest BCUT2D eigenvalue weighted by molar-refractivity contribution is 8.03. The predicted octanol–water partition coefficient (Wildman–Crippen LogP) is 4.41. The molecule has 2 heterocycles. The third-order valence-electron chi connectivity index (χ3n) is 4.08. The number of anilines is 1. The summed E-state index contributed by atoms with van der Waals surface area (Å²) < 4.78 is 11.3. The lowest BCUT2D eigenvalue weighted by molar-refractivity contribution is 0.0847. The number of rotatable bonds is 1. The van der Waals surface area contributed by atoms with Gasteiger partial charge in [0.15, 0.2) is 0 Å². The Kier molecular flexibility index (Phi) is 3.44. The summed E-state index contributed by atoms with van der Waals surface area (Å²) >= 11 is 1.66. The molecule has 0 radical (unpaired) electrons. The SMILES string of the molecule is COC(=O)N1c2ccccc2OC12SC(C)(C)C2C=C(C)C. The number of ether oxygens (including phenoxy) is 2. The Morgan fingerprint density at radius 3 is 2.64 bits per heavy atom. The van der Waals surface area contributed by atoms with Crippen molar-refractivity contribution >= 4 is 23.5 Å². The van der Waals surface area contributed by atoms with Crippen LogP contribution in [0.15, 0.2) is 35.9 Å². The fraction of sp³-hybridized carbons (Fsp3) is 0.471. The van der Waals surface area contributed by atoms with Gasteiger partial charge in [-0.2, -0.15) is 0 Å². The van der Waals surface area contributed by atoms with Crippen molar-refractivity contribution in [1.82, 2.24) is 0 Å². The number of methoxy groups -OCH3 is 1. The summed E-state index contributed by atoms with van der Waals surface area (Å²) in [6, 6.07) is 7.61. The van der Waals surface area contributed by atoms with Crippen molar-refractivity contribution in [3.8, 4) is 5.75 Å². The first-order valence-electron chi connectivity index (χ1n) is 7.33. The van der Waals surface area contributed by atoms with E-state index in [0.717, 1.165) is 11.4 Å². The maximum atomic E-state index is 12.4. The Morgan fingerprint density at radius 2 is 2.05 bits per heavy atom. The Bertz CT molecular complexity index is 651. The summed E-state index contributed by atoms with van der Waals surface area (Å²) in [5, 5.41) is -0.752. The molecule has 2 aliphatic rings. The molecule has 0 bridgehead atoms. The molecule has 118 valence electrons. The highest BCUT2D eigenvalue weighted by Gasteiger charge is 2.69. The van der Waals surface area contributed by atoms with Gasteiger partial charge in [-0.05, 0) is 39.8 Å². The van der Waals surface area contributed by atoms with E-state index in [4.69, 9.17) is 9.47 Å². The number of carbonyl (C=O) groups excluding carboxylic acids is 1. The van der Waals surface area contributed by atoms with Crippen molar-refractivity contribution < 1.29 is 14.3 Å². The second-order valence-electron chi connectivity index (χ2n) is 6.43. The zero-order chi connectivity index (χ0) is 16.1. The average molecular weight is 319 g/mol. The lowest BCUT2D eigenvalue weighted by Crippen LogP contribution is -2.68. The van der Waals surface area contributed by atoms with Gasteiger partial charge in [0.05, 0.1) is 18.7 Å². The van der Waals surface area contributed by atoms with E-state index in [2.05, 4.69) is 33.8 Å². The number of hydrogen-bond acceptors (Lipinski definition) is 4. The number of thioether (sulfide) groups is 1. The first-order valence-corrected chi connectivity index (χ1v) is 8.15. The Balaban J connectivity index is 2.10. The fourth-order valence-corrected chi connectivity index (χ4v) is 5.02. The van der Waals surface area contributed by atoms with E-state index in [0.29, 0.717) is 0 Å². The van der Waals surface area contributed by atoms with Crippen molar-refractivity contribution in [3.05, 3.63) is 35.9 Å². The highest BCUT2D eigenvalue weighted by atomic mass is 32.2. The topological polar surface area (TPSA) is 38.8 Å². The fourth-order valence-electron chi connectivity index (χ4n) is 3.21. The number of nitrogens with zero attached hydrogens (tertiary/aromatic N) is 1. The zero-order valence-corrected chi connectivity index (χ0v) is 14.4. The molecular formula is C17H21NO3S. The monoisotopic (exact) mass is 319 g/mol. The van der Waals surface area contributed by atoms with Crippen LogP contribution >= 0.6 is 11.8 Å². The van der Waals surface area contributed by atoms with Crippen molar-refractivity contribution in [2.24, 2.45) is 5.92 Å². The number of allylic oxidation sites excluding steroid dienone is 1. The van der Waals surface area contributed by atoms with Gasteiger partial charge in [-0.25, -0.2) is 9.69 Å². The second kappa shape index (κ2) is 4.95. The molecule has 1 spiro atoms. The predicted molar refractivity (Wildman–Crippen MR) is 89.3 cm³/mol. The van der Waals surface area contributed by atoms with Gasteiger partial charge in [0.1, 0.15) is 5.75 Å². The Labute approximate surface area is 135 Å². The van der Waals surface area contributed by atoms with Gasteiger partial charge >= 0.3 is 6.09 Å². The summed E-state index contributed by atoms with van der Waals surface area (Å²) in [4.78, 5) is 14.1. The number of fused-ring (bicyclic) bond motifs is 1. The van der Waals surface area contributed by atoms with E-state index < -0.39 is 5.06 Å². The van der Waals surface area contributed by atoms with E-state index in [1.165, 1.54) is 12.7 Å². The molecule has 1 fully saturated rings. The lowest BCUT2D eigenvalue weighted by atomic mass is 9.88. The van der Waals surface area contributed by atoms with Crippen LogP contribution in [0, 0.1) is 5.92 Å². The van der Waals surface area contributed by atoms with Gasteiger partial charge in [-0.1, -0.05) is 35.5 Å². The van der Waals surface area contributed by atoms with Gasteiger partial charge in [0.25, 0.3) is 0 Å². The number of para-hydroxylation sites is 2. The van der Waals surface area contributed by atoms with Crippen molar-refractivity contribution in [2.45, 2.75) is 37.5 Å². The third-order valence-corrected chi connectivity index (χ3v) is 5.67. The zero-order valence-electron chi connectivity index (χ0n) is 13.5. The van der Waals surface area contributed by atoms with Gasteiger partial charge in [0.2, 0.25) is 5.06 Å². The van der Waals surface area contributed by atoms with E-state index in [1.54, 1.807) is 16.7 Å². The third kappa shape index (κ3) is 2.02. The largest absolute Gasteiger partial charge is 0.455 e. The standard InChI is InChI=1S/C17H21NO3S/c1-11(2)10-14-16(3,4)22-17(14)18(15(19)20-5)12-8-6-7-9-13(12)21-17/h6-10,14H,1-5H3. The molecule has 0 N–H and O–H groups in total. The number of amides is 1. The van der Waals surface area contributed by atoms with Crippen LogP contribution in [0.25, 0.3) is 0 Å². The van der Waals surface area contributed by atoms with Crippen molar-refractivity contribution in [1.29, 1.82) is 0 Å². The second-order valence-corrected chi connectivity index (χ2v) is 8.27. The molecule has 2 atom stereocenters. The molecule has 4 nitrogen and oxygen atoms in total. The van der Waals surface area contributed by atoms with Crippen LogP contribution in [0.4, 0.5) is 10.5 Å². The van der Waals surface area contributed by atoms with E-state index in [9.17, 15) is 4.79 Å². The minimum absolute atomic E-state index is 0.00835. The Morgan fingerprint density at radius 1 is 1.36 bits per heavy atom. The summed E-state index contributed by atoms with van der Waals surface area (Å²) in [7, 11) is 1.40. The molecule has 22 heavy (non-hydrogen) atoms. The molecule has 2 unspecified atom stereocenters. The minimum Gasteiger partial charge on any atom is -0.455 e. The molecule has 1 aromatic rings. The van der Waals surface area contributed by atoms with Crippen LogP contribution in [0.3, 0.4) is 0 Å². The number of benzene rings is 1. The van der Waals surface area contributed by atoms with Crippen LogP contribution < -0.4 is 9.64 Å². The van der Waals surface area contributed by atoms with Crippen LogP contribution in [-0.2, 0) is 4.74 Å². The molecule has 0 aliphatic carbocycles. The van der Waals surface area contributed by atoms with Crippen LogP contribution in [0.2, 0.25) is 0 Å². The van der Waals surface area contributed by atoms with E-state index in [1.807, 2.05) is 24.3 Å². The van der Waals surface area contributed by atoms with E-state index >= 15 is 0 Å². The molecule has 1 aromatic carbocycles. The summed E-state index contributed by atoms with van der Waals surface area (Å²) in [6.45, 7) is 8.48. The van der Waals surface area contributed by atoms with E-state index in [-0.39, 0.29) is 16.8 Å². The summed E-state index contributed by atoms with van der Waals surface area (Å²) in [6.07, 6.45) is 1.80. The van der Waals surface area contributed by atoms with Crippen LogP contribution in [-0.4, -0.2) is 23.0 Å². The highest BCUT2D eigenvalue weighted by Crippen LogP contribution is 2.66. The quantitative estimate of drug-likeness (QED) is 0.719. The maximum absolute atomic E-state index is 12.4. The molecule has 3 rings (SSSR count). The molecule has 5 heteroatoms. The smallest absolute Gasteiger partial charge is 0.418 e. The van der Waals surface area contributed by atoms with Gasteiger partial charge in [-0.15, -0.1) is 0 Å². The molecule has 0 saturated carbocycles. The first-order chi connectivity index (χ1) is 10.3. The van der Waals surface area contributed by atoms with Gasteiger partial charge < -0.3 is 9.47 Å². The first kappa shape index (κ1) is 15.3. The normalized spacial score (nSPS) is 27.7. The molecule has 1 amide bonds. The maximum Gasteiger partial charge on any atom is 0.418 e. The van der Waals surface area contributed by atoms with Crippen LogP contribution in [0.5, 0.6) is 5.75 Å². The number of carbonyl (C=O) groups is 1. The summed E-state index contributed by atoms with van der Waals surface area (Å²) in [5.74, 6) is 0.810.